The highest BCUT2D eigenvalue weighted by Crippen LogP contribution is 2.17. The number of nitrogens with two attached hydrogens (primary N) is 1. The first-order valence-corrected chi connectivity index (χ1v) is 6.86. The average molecular weight is 284 g/mol. The lowest BCUT2D eigenvalue weighted by Crippen LogP contribution is -2.14. The highest BCUT2D eigenvalue weighted by Gasteiger charge is 2.06. The van der Waals surface area contributed by atoms with Crippen LogP contribution in [0.25, 0.3) is 0 Å². The fraction of sp³-hybridized carbons (Fsp3) is 0.500. The molecule has 1 aromatic carbocycles. The largest absolute Gasteiger partial charge is 0.389 e. The van der Waals surface area contributed by atoms with Crippen molar-refractivity contribution in [1.82, 2.24) is 0 Å². The van der Waals surface area contributed by atoms with Gasteiger partial charge in [0, 0.05) is 24.4 Å². The monoisotopic (exact) mass is 284 g/mol. The van der Waals surface area contributed by atoms with E-state index in [-0.39, 0.29) is 16.9 Å². The van der Waals surface area contributed by atoms with Gasteiger partial charge in [-0.25, -0.2) is 4.39 Å². The summed E-state index contributed by atoms with van der Waals surface area (Å²) in [7, 11) is 0. The van der Waals surface area contributed by atoms with Crippen LogP contribution in [0, 0.1) is 5.82 Å². The summed E-state index contributed by atoms with van der Waals surface area (Å²) in [5, 5.41) is 3.22. The third kappa shape index (κ3) is 5.98. The van der Waals surface area contributed by atoms with Gasteiger partial charge in [0.2, 0.25) is 0 Å². The normalized spacial score (nSPS) is 10.7. The van der Waals surface area contributed by atoms with Gasteiger partial charge < -0.3 is 15.8 Å². The predicted octanol–water partition coefficient (Wildman–Crippen LogP) is 3.08. The van der Waals surface area contributed by atoms with Crippen molar-refractivity contribution < 1.29 is 9.13 Å². The van der Waals surface area contributed by atoms with E-state index >= 15 is 0 Å². The van der Waals surface area contributed by atoms with Gasteiger partial charge in [0.1, 0.15) is 10.8 Å². The van der Waals surface area contributed by atoms with Crippen LogP contribution >= 0.6 is 12.2 Å². The summed E-state index contributed by atoms with van der Waals surface area (Å²) < 4.78 is 18.6. The van der Waals surface area contributed by atoms with E-state index in [0.29, 0.717) is 5.56 Å². The topological polar surface area (TPSA) is 47.3 Å². The number of anilines is 1. The van der Waals surface area contributed by atoms with Gasteiger partial charge in [0.15, 0.2) is 0 Å². The quantitative estimate of drug-likeness (QED) is 0.569. The molecule has 0 fully saturated rings. The third-order valence-corrected chi connectivity index (χ3v) is 2.80. The van der Waals surface area contributed by atoms with Crippen molar-refractivity contribution in [3.63, 3.8) is 0 Å². The molecule has 1 rings (SSSR count). The molecular weight excluding hydrogens is 263 g/mol. The molecule has 0 aliphatic heterocycles. The smallest absolute Gasteiger partial charge is 0.124 e. The van der Waals surface area contributed by atoms with Crippen molar-refractivity contribution in [2.45, 2.75) is 32.8 Å². The lowest BCUT2D eigenvalue weighted by Gasteiger charge is -2.12. The molecule has 0 heterocycles. The Labute approximate surface area is 119 Å². The lowest BCUT2D eigenvalue weighted by atomic mass is 10.1. The second-order valence-corrected chi connectivity index (χ2v) is 5.05. The molecule has 19 heavy (non-hydrogen) atoms. The molecule has 0 aromatic heterocycles. The summed E-state index contributed by atoms with van der Waals surface area (Å²) in [5.41, 5.74) is 6.90. The summed E-state index contributed by atoms with van der Waals surface area (Å²) in [6, 6.07) is 4.41. The molecule has 106 valence electrons. The summed E-state index contributed by atoms with van der Waals surface area (Å²) in [6.07, 6.45) is 2.22. The first kappa shape index (κ1) is 15.9. The van der Waals surface area contributed by atoms with Crippen LogP contribution in [-0.4, -0.2) is 24.2 Å². The van der Waals surface area contributed by atoms with Gasteiger partial charge in [0.05, 0.1) is 6.10 Å². The second kappa shape index (κ2) is 8.07. The molecule has 0 bridgehead atoms. The van der Waals surface area contributed by atoms with Gasteiger partial charge in [-0.15, -0.1) is 0 Å². The maximum absolute atomic E-state index is 13.1. The summed E-state index contributed by atoms with van der Waals surface area (Å²) in [6.45, 7) is 5.57. The first-order chi connectivity index (χ1) is 9.00. The molecule has 0 spiro atoms. The number of unbranched alkanes of at least 4 members (excludes halogenated alkanes) is 1. The van der Waals surface area contributed by atoms with Crippen LogP contribution in [0.2, 0.25) is 0 Å². The Balaban J connectivity index is 2.39. The fourth-order valence-corrected chi connectivity index (χ4v) is 1.81. The van der Waals surface area contributed by atoms with Gasteiger partial charge in [0.25, 0.3) is 0 Å². The minimum Gasteiger partial charge on any atom is -0.389 e. The van der Waals surface area contributed by atoms with E-state index in [1.165, 1.54) is 12.1 Å². The van der Waals surface area contributed by atoms with Crippen LogP contribution in [0.1, 0.15) is 32.3 Å². The van der Waals surface area contributed by atoms with E-state index < -0.39 is 0 Å². The first-order valence-electron chi connectivity index (χ1n) is 6.45. The van der Waals surface area contributed by atoms with Gasteiger partial charge in [-0.05, 0) is 44.9 Å². The highest BCUT2D eigenvalue weighted by molar-refractivity contribution is 7.80. The molecule has 5 heteroatoms. The third-order valence-electron chi connectivity index (χ3n) is 2.58. The zero-order valence-corrected chi connectivity index (χ0v) is 12.2. The Bertz CT molecular complexity index is 424. The summed E-state index contributed by atoms with van der Waals surface area (Å²) in [4.78, 5) is 0.199. The minimum atomic E-state index is -0.335. The van der Waals surface area contributed by atoms with Crippen LogP contribution in [-0.2, 0) is 4.74 Å². The van der Waals surface area contributed by atoms with Crippen molar-refractivity contribution >= 4 is 22.9 Å². The molecule has 3 nitrogen and oxygen atoms in total. The highest BCUT2D eigenvalue weighted by atomic mass is 32.1. The van der Waals surface area contributed by atoms with Crippen LogP contribution in [0.5, 0.6) is 0 Å². The molecule has 0 aliphatic rings. The fourth-order valence-electron chi connectivity index (χ4n) is 1.64. The Morgan fingerprint density at radius 1 is 1.42 bits per heavy atom. The van der Waals surface area contributed by atoms with Crippen LogP contribution in [0.15, 0.2) is 18.2 Å². The molecular formula is C14H21FN2OS. The van der Waals surface area contributed by atoms with E-state index in [4.69, 9.17) is 22.7 Å². The number of nitrogens with one attached hydrogen (secondary N) is 1. The van der Waals surface area contributed by atoms with Crippen LogP contribution < -0.4 is 11.1 Å². The SMILES string of the molecule is CC(C)OCCCCNc1ccc(F)cc1C(N)=S. The molecule has 0 radical (unpaired) electrons. The summed E-state index contributed by atoms with van der Waals surface area (Å²) in [5.74, 6) is -0.335. The van der Waals surface area contributed by atoms with E-state index in [9.17, 15) is 4.39 Å². The number of ether oxygens (including phenoxy) is 1. The van der Waals surface area contributed by atoms with Crippen LogP contribution in [0.3, 0.4) is 0 Å². The second-order valence-electron chi connectivity index (χ2n) is 4.61. The Kier molecular flexibility index (Phi) is 6.73. The number of rotatable bonds is 8. The number of benzene rings is 1. The maximum atomic E-state index is 13.1. The average Bonchev–Trinajstić information content (AvgIpc) is 2.34. The van der Waals surface area contributed by atoms with Gasteiger partial charge >= 0.3 is 0 Å². The van der Waals surface area contributed by atoms with Gasteiger partial charge in [-0.1, -0.05) is 12.2 Å². The van der Waals surface area contributed by atoms with Gasteiger partial charge in [-0.2, -0.15) is 0 Å². The molecule has 0 saturated carbocycles. The number of hydrogen-bond donors (Lipinski definition) is 2. The standard InChI is InChI=1S/C14H21FN2OS/c1-10(2)18-8-4-3-7-17-13-6-5-11(15)9-12(13)14(16)19/h5-6,9-10,17H,3-4,7-8H2,1-2H3,(H2,16,19). The van der Waals surface area contributed by atoms with Crippen molar-refractivity contribution in [3.05, 3.63) is 29.6 Å². The van der Waals surface area contributed by atoms with E-state index in [1.54, 1.807) is 6.07 Å². The van der Waals surface area contributed by atoms with E-state index in [0.717, 1.165) is 31.7 Å². The molecule has 0 saturated heterocycles. The summed E-state index contributed by atoms with van der Waals surface area (Å²) >= 11 is 4.91. The number of hydrogen-bond acceptors (Lipinski definition) is 3. The molecule has 1 aromatic rings. The molecule has 0 unspecified atom stereocenters. The molecule has 3 N–H and O–H groups in total. The van der Waals surface area contributed by atoms with E-state index in [1.807, 2.05) is 13.8 Å². The Morgan fingerprint density at radius 2 is 2.16 bits per heavy atom. The molecule has 0 atom stereocenters. The number of thiocarbonyl (C=S) groups is 1. The van der Waals surface area contributed by atoms with Crippen molar-refractivity contribution in [3.8, 4) is 0 Å². The predicted molar refractivity (Wildman–Crippen MR) is 81.1 cm³/mol. The van der Waals surface area contributed by atoms with Crippen molar-refractivity contribution in [1.29, 1.82) is 0 Å². The molecule has 0 aliphatic carbocycles. The maximum Gasteiger partial charge on any atom is 0.124 e. The Hall–Kier alpha value is -1.20. The van der Waals surface area contributed by atoms with Crippen molar-refractivity contribution in [2.75, 3.05) is 18.5 Å². The minimum absolute atomic E-state index is 0.199. The van der Waals surface area contributed by atoms with Gasteiger partial charge in [-0.3, -0.25) is 0 Å². The van der Waals surface area contributed by atoms with Crippen molar-refractivity contribution in [2.24, 2.45) is 5.73 Å². The number of halogens is 1. The van der Waals surface area contributed by atoms with Crippen LogP contribution in [0.4, 0.5) is 10.1 Å². The molecule has 0 amide bonds. The van der Waals surface area contributed by atoms with E-state index in [2.05, 4.69) is 5.32 Å². The zero-order valence-electron chi connectivity index (χ0n) is 11.4. The lowest BCUT2D eigenvalue weighted by molar-refractivity contribution is 0.0765. The Morgan fingerprint density at radius 3 is 2.79 bits per heavy atom. The zero-order chi connectivity index (χ0) is 14.3.